The Morgan fingerprint density at radius 1 is 1.58 bits per heavy atom. The van der Waals surface area contributed by atoms with E-state index >= 15 is 0 Å². The number of hydrogen-bond donors (Lipinski definition) is 1. The lowest BCUT2D eigenvalue weighted by Gasteiger charge is -2.06. The molecule has 1 rings (SSSR count). The molecule has 4 heteroatoms. The summed E-state index contributed by atoms with van der Waals surface area (Å²) in [5.74, 6) is 0. The summed E-state index contributed by atoms with van der Waals surface area (Å²) in [4.78, 5) is 17.5. The van der Waals surface area contributed by atoms with Crippen LogP contribution in [-0.2, 0) is 0 Å². The molecular weight excluding hydrogens is 156 g/mol. The molecule has 1 aromatic rings. The Kier molecular flexibility index (Phi) is 2.47. The van der Waals surface area contributed by atoms with Crippen molar-refractivity contribution >= 4 is 0 Å². The molecule has 0 aromatic carbocycles. The van der Waals surface area contributed by atoms with Crippen LogP contribution in [0, 0.1) is 6.92 Å². The van der Waals surface area contributed by atoms with E-state index in [1.807, 2.05) is 13.8 Å². The molecule has 12 heavy (non-hydrogen) atoms. The van der Waals surface area contributed by atoms with Gasteiger partial charge in [0.1, 0.15) is 0 Å². The molecule has 0 radical (unpaired) electrons. The van der Waals surface area contributed by atoms with Gasteiger partial charge in [-0.1, -0.05) is 0 Å². The number of ether oxygens (including phenoxy) is 1. The molecule has 0 spiro atoms. The maximum atomic E-state index is 11.0. The van der Waals surface area contributed by atoms with Crippen LogP contribution in [0.4, 0.5) is 0 Å². The Balaban J connectivity index is 2.90. The standard InChI is InChI=1S/C8H12N2O2/c1-5(2)12-8-9-4-6(3)7(11)10-8/h4-5H,1-3H3,(H,9,10,11). The lowest BCUT2D eigenvalue weighted by molar-refractivity contribution is 0.221. The number of H-pyrrole nitrogens is 1. The minimum absolute atomic E-state index is 0.0239. The van der Waals surface area contributed by atoms with Gasteiger partial charge in [-0.3, -0.25) is 9.78 Å². The first-order valence-electron chi connectivity index (χ1n) is 3.82. The summed E-state index contributed by atoms with van der Waals surface area (Å²) >= 11 is 0. The van der Waals surface area contributed by atoms with Crippen LogP contribution in [0.3, 0.4) is 0 Å². The van der Waals surface area contributed by atoms with Gasteiger partial charge in [0.25, 0.3) is 11.6 Å². The zero-order chi connectivity index (χ0) is 9.14. The van der Waals surface area contributed by atoms with E-state index in [4.69, 9.17) is 4.74 Å². The quantitative estimate of drug-likeness (QED) is 0.712. The second kappa shape index (κ2) is 3.38. The number of aromatic nitrogens is 2. The van der Waals surface area contributed by atoms with E-state index in [-0.39, 0.29) is 17.7 Å². The van der Waals surface area contributed by atoms with Crippen LogP contribution >= 0.6 is 0 Å². The molecule has 0 saturated heterocycles. The van der Waals surface area contributed by atoms with Crippen LogP contribution in [0.5, 0.6) is 6.01 Å². The van der Waals surface area contributed by atoms with Gasteiger partial charge in [0.05, 0.1) is 6.10 Å². The van der Waals surface area contributed by atoms with Crippen LogP contribution in [0.2, 0.25) is 0 Å². The molecule has 0 aliphatic carbocycles. The normalized spacial score (nSPS) is 10.3. The highest BCUT2D eigenvalue weighted by atomic mass is 16.5. The van der Waals surface area contributed by atoms with Crippen molar-refractivity contribution in [2.75, 3.05) is 0 Å². The lowest BCUT2D eigenvalue weighted by Crippen LogP contribution is -2.15. The fourth-order valence-corrected chi connectivity index (χ4v) is 0.725. The molecule has 0 aliphatic heterocycles. The molecule has 0 aliphatic rings. The first-order chi connectivity index (χ1) is 5.59. The number of nitrogens with zero attached hydrogens (tertiary/aromatic N) is 1. The first-order valence-corrected chi connectivity index (χ1v) is 3.82. The van der Waals surface area contributed by atoms with Crippen molar-refractivity contribution in [2.45, 2.75) is 26.9 Å². The molecule has 4 nitrogen and oxygen atoms in total. The molecule has 0 unspecified atom stereocenters. The van der Waals surface area contributed by atoms with Gasteiger partial charge in [0.2, 0.25) is 0 Å². The topological polar surface area (TPSA) is 55.0 Å². The average Bonchev–Trinajstić information content (AvgIpc) is 1.96. The molecule has 0 bridgehead atoms. The van der Waals surface area contributed by atoms with Crippen molar-refractivity contribution in [3.8, 4) is 6.01 Å². The summed E-state index contributed by atoms with van der Waals surface area (Å²) in [6.45, 7) is 5.45. The number of aryl methyl sites for hydroxylation is 1. The second-order valence-electron chi connectivity index (χ2n) is 2.87. The van der Waals surface area contributed by atoms with E-state index in [1.165, 1.54) is 6.20 Å². The van der Waals surface area contributed by atoms with E-state index in [2.05, 4.69) is 9.97 Å². The van der Waals surface area contributed by atoms with E-state index in [0.29, 0.717) is 5.56 Å². The zero-order valence-corrected chi connectivity index (χ0v) is 7.42. The molecular formula is C8H12N2O2. The molecule has 1 aromatic heterocycles. The Morgan fingerprint density at radius 2 is 2.25 bits per heavy atom. The third-order valence-electron chi connectivity index (χ3n) is 1.30. The predicted octanol–water partition coefficient (Wildman–Crippen LogP) is 0.866. The average molecular weight is 168 g/mol. The molecule has 0 saturated carbocycles. The van der Waals surface area contributed by atoms with Gasteiger partial charge in [-0.05, 0) is 20.8 Å². The minimum Gasteiger partial charge on any atom is -0.462 e. The van der Waals surface area contributed by atoms with Crippen LogP contribution in [-0.4, -0.2) is 16.1 Å². The van der Waals surface area contributed by atoms with Crippen LogP contribution in [0.25, 0.3) is 0 Å². The summed E-state index contributed by atoms with van der Waals surface area (Å²) in [6.07, 6.45) is 1.52. The highest BCUT2D eigenvalue weighted by Gasteiger charge is 2.00. The fraction of sp³-hybridized carbons (Fsp3) is 0.500. The third kappa shape index (κ3) is 2.08. The maximum absolute atomic E-state index is 11.0. The van der Waals surface area contributed by atoms with Gasteiger partial charge in [-0.2, -0.15) is 0 Å². The van der Waals surface area contributed by atoms with Crippen molar-refractivity contribution < 1.29 is 4.74 Å². The van der Waals surface area contributed by atoms with Gasteiger partial charge < -0.3 is 4.74 Å². The number of nitrogens with one attached hydrogen (secondary N) is 1. The minimum atomic E-state index is -0.152. The molecule has 0 fully saturated rings. The van der Waals surface area contributed by atoms with Gasteiger partial charge in [-0.15, -0.1) is 0 Å². The van der Waals surface area contributed by atoms with Gasteiger partial charge in [-0.25, -0.2) is 4.98 Å². The van der Waals surface area contributed by atoms with Crippen molar-refractivity contribution in [1.29, 1.82) is 0 Å². The summed E-state index contributed by atoms with van der Waals surface area (Å²) in [6, 6.07) is 0.278. The van der Waals surface area contributed by atoms with Crippen molar-refractivity contribution in [3.63, 3.8) is 0 Å². The molecule has 66 valence electrons. The van der Waals surface area contributed by atoms with Crippen molar-refractivity contribution in [3.05, 3.63) is 22.1 Å². The second-order valence-corrected chi connectivity index (χ2v) is 2.87. The van der Waals surface area contributed by atoms with Crippen molar-refractivity contribution in [1.82, 2.24) is 9.97 Å². The van der Waals surface area contributed by atoms with E-state index in [1.54, 1.807) is 6.92 Å². The Bertz CT molecular complexity index is 317. The van der Waals surface area contributed by atoms with E-state index < -0.39 is 0 Å². The monoisotopic (exact) mass is 168 g/mol. The third-order valence-corrected chi connectivity index (χ3v) is 1.30. The van der Waals surface area contributed by atoms with Crippen molar-refractivity contribution in [2.24, 2.45) is 0 Å². The first kappa shape index (κ1) is 8.77. The Morgan fingerprint density at radius 3 is 2.75 bits per heavy atom. The van der Waals surface area contributed by atoms with Gasteiger partial charge >= 0.3 is 0 Å². The smallest absolute Gasteiger partial charge is 0.296 e. The van der Waals surface area contributed by atoms with E-state index in [0.717, 1.165) is 0 Å². The lowest BCUT2D eigenvalue weighted by atomic mass is 10.4. The number of aromatic amines is 1. The summed E-state index contributed by atoms with van der Waals surface area (Å²) in [5, 5.41) is 0. The summed E-state index contributed by atoms with van der Waals surface area (Å²) < 4.78 is 5.18. The van der Waals surface area contributed by atoms with Crippen LogP contribution < -0.4 is 10.3 Å². The number of hydrogen-bond acceptors (Lipinski definition) is 3. The molecule has 1 heterocycles. The fourth-order valence-electron chi connectivity index (χ4n) is 0.725. The highest BCUT2D eigenvalue weighted by Crippen LogP contribution is 1.99. The Hall–Kier alpha value is -1.32. The SMILES string of the molecule is Cc1cnc(OC(C)C)[nH]c1=O. The number of rotatable bonds is 2. The molecule has 0 amide bonds. The van der Waals surface area contributed by atoms with Gasteiger partial charge in [0.15, 0.2) is 0 Å². The largest absolute Gasteiger partial charge is 0.462 e. The molecule has 0 atom stereocenters. The summed E-state index contributed by atoms with van der Waals surface area (Å²) in [7, 11) is 0. The van der Waals surface area contributed by atoms with Crippen LogP contribution in [0.15, 0.2) is 11.0 Å². The van der Waals surface area contributed by atoms with Crippen LogP contribution in [0.1, 0.15) is 19.4 Å². The molecule has 1 N–H and O–H groups in total. The highest BCUT2D eigenvalue weighted by molar-refractivity contribution is 5.05. The maximum Gasteiger partial charge on any atom is 0.296 e. The zero-order valence-electron chi connectivity index (χ0n) is 7.42. The van der Waals surface area contributed by atoms with Gasteiger partial charge in [0, 0.05) is 11.8 Å². The Labute approximate surface area is 70.6 Å². The summed E-state index contributed by atoms with van der Waals surface area (Å²) in [5.41, 5.74) is 0.437. The van der Waals surface area contributed by atoms with E-state index in [9.17, 15) is 4.79 Å². The predicted molar refractivity (Wildman–Crippen MR) is 45.4 cm³/mol.